The van der Waals surface area contributed by atoms with E-state index in [0.717, 1.165) is 12.1 Å². The van der Waals surface area contributed by atoms with Crippen LogP contribution < -0.4 is 10.2 Å². The largest absolute Gasteiger partial charge is 0.461 e. The topological polar surface area (TPSA) is 58.6 Å². The van der Waals surface area contributed by atoms with Gasteiger partial charge in [0.05, 0.1) is 24.0 Å². The zero-order valence-corrected chi connectivity index (χ0v) is 13.1. The molecule has 1 amide bonds. The minimum absolute atomic E-state index is 0.133. The fraction of sp³-hybridized carbons (Fsp3) is 0.467. The van der Waals surface area contributed by atoms with Crippen molar-refractivity contribution in [2.24, 2.45) is 0 Å². The van der Waals surface area contributed by atoms with Gasteiger partial charge in [0.2, 0.25) is 5.91 Å². The van der Waals surface area contributed by atoms with Crippen LogP contribution in [0.25, 0.3) is 0 Å². The molecule has 1 aliphatic rings. The molecule has 0 radical (unpaired) electrons. The molecule has 114 valence electrons. The van der Waals surface area contributed by atoms with Crippen LogP contribution in [0, 0.1) is 0 Å². The van der Waals surface area contributed by atoms with Crippen LogP contribution in [0.3, 0.4) is 0 Å². The van der Waals surface area contributed by atoms with E-state index in [1.165, 1.54) is 4.90 Å². The van der Waals surface area contributed by atoms with Crippen molar-refractivity contribution in [1.29, 1.82) is 0 Å². The van der Waals surface area contributed by atoms with Gasteiger partial charge < -0.3 is 10.1 Å². The van der Waals surface area contributed by atoms with E-state index in [9.17, 15) is 9.59 Å². The Morgan fingerprint density at radius 1 is 1.48 bits per heavy atom. The number of carbonyl (C=O) groups excluding carboxylic acids is 2. The molecule has 1 aromatic carbocycles. The Morgan fingerprint density at radius 3 is 2.86 bits per heavy atom. The van der Waals surface area contributed by atoms with Crippen LogP contribution in [0.1, 0.15) is 27.2 Å². The molecule has 0 bridgehead atoms. The first-order chi connectivity index (χ1) is 9.93. The smallest absolute Gasteiger partial charge is 0.329 e. The summed E-state index contributed by atoms with van der Waals surface area (Å²) in [6.07, 6.45) is 0.572. The summed E-state index contributed by atoms with van der Waals surface area (Å²) in [5.74, 6) is -0.570. The van der Waals surface area contributed by atoms with Crippen LogP contribution in [0.15, 0.2) is 18.2 Å². The van der Waals surface area contributed by atoms with Crippen LogP contribution in [-0.2, 0) is 14.3 Å². The molecule has 2 unspecified atom stereocenters. The molecule has 2 rings (SSSR count). The summed E-state index contributed by atoms with van der Waals surface area (Å²) in [7, 11) is 0. The first-order valence-corrected chi connectivity index (χ1v) is 7.37. The fourth-order valence-electron chi connectivity index (χ4n) is 2.16. The number of anilines is 2. The zero-order chi connectivity index (χ0) is 15.6. The van der Waals surface area contributed by atoms with Gasteiger partial charge in [-0.05, 0) is 38.5 Å². The first-order valence-electron chi connectivity index (χ1n) is 7.00. The highest BCUT2D eigenvalue weighted by Crippen LogP contribution is 2.33. The first kappa shape index (κ1) is 15.6. The average Bonchev–Trinajstić information content (AvgIpc) is 2.46. The summed E-state index contributed by atoms with van der Waals surface area (Å²) < 4.78 is 5.32. The van der Waals surface area contributed by atoms with Gasteiger partial charge in [0.15, 0.2) is 0 Å². The zero-order valence-electron chi connectivity index (χ0n) is 12.4. The predicted octanol–water partition coefficient (Wildman–Crippen LogP) is 2.83. The lowest BCUT2D eigenvalue weighted by atomic mass is 10.1. The second-order valence-electron chi connectivity index (χ2n) is 5.11. The van der Waals surface area contributed by atoms with E-state index < -0.39 is 12.0 Å². The number of ether oxygens (including phenoxy) is 1. The van der Waals surface area contributed by atoms with Crippen LogP contribution >= 0.6 is 11.6 Å². The minimum Gasteiger partial charge on any atom is -0.461 e. The molecule has 5 nitrogen and oxygen atoms in total. The van der Waals surface area contributed by atoms with Gasteiger partial charge in [-0.2, -0.15) is 0 Å². The lowest BCUT2D eigenvalue weighted by molar-refractivity contribution is -0.150. The van der Waals surface area contributed by atoms with Crippen molar-refractivity contribution in [3.8, 4) is 0 Å². The van der Waals surface area contributed by atoms with E-state index in [0.29, 0.717) is 10.7 Å². The van der Waals surface area contributed by atoms with Crippen molar-refractivity contribution in [2.45, 2.75) is 39.3 Å². The second kappa shape index (κ2) is 6.35. The summed E-state index contributed by atoms with van der Waals surface area (Å²) in [6.45, 7) is 5.58. The average molecular weight is 311 g/mol. The molecule has 6 heteroatoms. The third kappa shape index (κ3) is 3.29. The molecule has 0 spiro atoms. The Labute approximate surface area is 129 Å². The van der Waals surface area contributed by atoms with Crippen molar-refractivity contribution >= 4 is 34.9 Å². The number of amides is 1. The maximum absolute atomic E-state index is 12.2. The summed E-state index contributed by atoms with van der Waals surface area (Å²) in [4.78, 5) is 25.8. The second-order valence-corrected chi connectivity index (χ2v) is 5.55. The van der Waals surface area contributed by atoms with Gasteiger partial charge in [-0.1, -0.05) is 18.5 Å². The van der Waals surface area contributed by atoms with Gasteiger partial charge in [0, 0.05) is 5.02 Å². The van der Waals surface area contributed by atoms with Crippen molar-refractivity contribution in [3.63, 3.8) is 0 Å². The number of nitrogens with zero attached hydrogens (tertiary/aromatic N) is 1. The molecular formula is C15H19ClN2O3. The van der Waals surface area contributed by atoms with Gasteiger partial charge in [0.1, 0.15) is 6.04 Å². The number of benzene rings is 1. The molecule has 1 aromatic rings. The maximum atomic E-state index is 12.2. The number of hydrogen-bond acceptors (Lipinski definition) is 4. The number of fused-ring (bicyclic) bond motifs is 1. The Hall–Kier alpha value is -1.75. The van der Waals surface area contributed by atoms with Crippen molar-refractivity contribution < 1.29 is 14.3 Å². The van der Waals surface area contributed by atoms with Crippen molar-refractivity contribution in [1.82, 2.24) is 0 Å². The lowest BCUT2D eigenvalue weighted by Gasteiger charge is -2.34. The molecule has 1 aliphatic heterocycles. The highest BCUT2D eigenvalue weighted by atomic mass is 35.5. The van der Waals surface area contributed by atoms with Gasteiger partial charge in [-0.25, -0.2) is 4.79 Å². The Kier molecular flexibility index (Phi) is 4.73. The maximum Gasteiger partial charge on any atom is 0.329 e. The molecule has 21 heavy (non-hydrogen) atoms. The van der Waals surface area contributed by atoms with Gasteiger partial charge in [-0.15, -0.1) is 0 Å². The number of rotatable bonds is 4. The van der Waals surface area contributed by atoms with Crippen LogP contribution in [0.5, 0.6) is 0 Å². The molecule has 1 N–H and O–H groups in total. The van der Waals surface area contributed by atoms with Crippen molar-refractivity contribution in [3.05, 3.63) is 23.2 Å². The van der Waals surface area contributed by atoms with E-state index in [1.807, 2.05) is 13.8 Å². The van der Waals surface area contributed by atoms with Gasteiger partial charge in [-0.3, -0.25) is 9.69 Å². The third-order valence-corrected chi connectivity index (χ3v) is 3.77. The molecule has 0 saturated carbocycles. The summed E-state index contributed by atoms with van der Waals surface area (Å²) >= 11 is 5.96. The van der Waals surface area contributed by atoms with E-state index in [1.54, 1.807) is 25.1 Å². The van der Waals surface area contributed by atoms with Crippen LogP contribution in [0.2, 0.25) is 5.02 Å². The van der Waals surface area contributed by atoms with E-state index >= 15 is 0 Å². The van der Waals surface area contributed by atoms with E-state index in [4.69, 9.17) is 16.3 Å². The Bertz CT molecular complexity index is 562. The quantitative estimate of drug-likeness (QED) is 0.869. The van der Waals surface area contributed by atoms with Crippen LogP contribution in [-0.4, -0.2) is 30.6 Å². The number of hydrogen-bond donors (Lipinski definition) is 1. The fourth-order valence-corrected chi connectivity index (χ4v) is 2.33. The highest BCUT2D eigenvalue weighted by Gasteiger charge is 2.33. The lowest BCUT2D eigenvalue weighted by Crippen LogP contribution is -2.49. The van der Waals surface area contributed by atoms with E-state index in [-0.39, 0.29) is 18.6 Å². The molecule has 0 fully saturated rings. The third-order valence-electron chi connectivity index (χ3n) is 3.54. The number of carbonyl (C=O) groups is 2. The summed E-state index contributed by atoms with van der Waals surface area (Å²) in [5.41, 5.74) is 1.38. The summed E-state index contributed by atoms with van der Waals surface area (Å²) in [5, 5.41) is 3.58. The van der Waals surface area contributed by atoms with Crippen LogP contribution in [0.4, 0.5) is 11.4 Å². The Balaban J connectivity index is 2.26. The minimum atomic E-state index is -0.673. The number of esters is 1. The van der Waals surface area contributed by atoms with Crippen molar-refractivity contribution in [2.75, 3.05) is 16.8 Å². The normalized spacial score (nSPS) is 16.8. The monoisotopic (exact) mass is 310 g/mol. The molecule has 0 aliphatic carbocycles. The standard InChI is InChI=1S/C15H19ClN2O3/c1-4-9(2)21-15(20)10(3)18-13-6-5-11(16)7-12(13)17-8-14(18)19/h5-7,9-10,17H,4,8H2,1-3H3. The molecular weight excluding hydrogens is 292 g/mol. The number of halogens is 1. The van der Waals surface area contributed by atoms with Gasteiger partial charge in [0.25, 0.3) is 0 Å². The molecule has 0 saturated heterocycles. The SMILES string of the molecule is CCC(C)OC(=O)C(C)N1C(=O)CNc2cc(Cl)ccc21. The van der Waals surface area contributed by atoms with Gasteiger partial charge >= 0.3 is 5.97 Å². The number of nitrogens with one attached hydrogen (secondary N) is 1. The molecule has 2 atom stereocenters. The predicted molar refractivity (Wildman–Crippen MR) is 82.7 cm³/mol. The molecule has 0 aromatic heterocycles. The highest BCUT2D eigenvalue weighted by molar-refractivity contribution is 6.31. The Morgan fingerprint density at radius 2 is 2.19 bits per heavy atom. The van der Waals surface area contributed by atoms with E-state index in [2.05, 4.69) is 5.32 Å². The molecule has 1 heterocycles. The summed E-state index contributed by atoms with van der Waals surface area (Å²) in [6, 6.07) is 4.49.